The largest absolute Gasteiger partial charge is 0.396 e. The first kappa shape index (κ1) is 10.6. The van der Waals surface area contributed by atoms with E-state index in [-0.39, 0.29) is 18.1 Å². The van der Waals surface area contributed by atoms with Gasteiger partial charge in [-0.3, -0.25) is 0 Å². The van der Waals surface area contributed by atoms with Gasteiger partial charge in [0.2, 0.25) is 0 Å². The van der Waals surface area contributed by atoms with Crippen molar-refractivity contribution in [1.29, 1.82) is 0 Å². The molecule has 2 nitrogen and oxygen atoms in total. The zero-order valence-corrected chi connectivity index (χ0v) is 10.3. The Morgan fingerprint density at radius 1 is 1.57 bits per heavy atom. The quantitative estimate of drug-likeness (QED) is 0.891. The molecule has 2 rings (SSSR count). The van der Waals surface area contributed by atoms with Gasteiger partial charge in [-0.15, -0.1) is 11.3 Å². The Kier molecular flexibility index (Phi) is 2.98. The highest BCUT2D eigenvalue weighted by Gasteiger charge is 2.42. The molecule has 1 unspecified atom stereocenters. The van der Waals surface area contributed by atoms with Gasteiger partial charge < -0.3 is 10.8 Å². The summed E-state index contributed by atoms with van der Waals surface area (Å²) >= 11 is 5.10. The fraction of sp³-hybridized carbons (Fsp3) is 0.600. The molecule has 0 aliphatic heterocycles. The summed E-state index contributed by atoms with van der Waals surface area (Å²) in [5, 5.41) is 9.39. The SMILES string of the molecule is NC(c1ccc(Br)s1)C1(CO)CCC1. The molecule has 0 radical (unpaired) electrons. The minimum atomic E-state index is -0.0374. The second kappa shape index (κ2) is 3.93. The van der Waals surface area contributed by atoms with Gasteiger partial charge in [-0.25, -0.2) is 0 Å². The van der Waals surface area contributed by atoms with E-state index in [1.807, 2.05) is 6.07 Å². The molecule has 0 aromatic carbocycles. The third-order valence-electron chi connectivity index (χ3n) is 3.22. The number of hydrogen-bond acceptors (Lipinski definition) is 3. The van der Waals surface area contributed by atoms with Gasteiger partial charge in [0.05, 0.1) is 10.4 Å². The van der Waals surface area contributed by atoms with Crippen molar-refractivity contribution in [3.8, 4) is 0 Å². The number of aliphatic hydroxyl groups excluding tert-OH is 1. The lowest BCUT2D eigenvalue weighted by molar-refractivity contribution is 0.0194. The highest BCUT2D eigenvalue weighted by Crippen LogP contribution is 2.50. The first-order chi connectivity index (χ1) is 6.68. The van der Waals surface area contributed by atoms with E-state index in [1.165, 1.54) is 11.3 Å². The molecule has 1 aliphatic rings. The van der Waals surface area contributed by atoms with Crippen LogP contribution in [0, 0.1) is 5.41 Å². The Balaban J connectivity index is 2.18. The van der Waals surface area contributed by atoms with Gasteiger partial charge in [-0.2, -0.15) is 0 Å². The predicted molar refractivity (Wildman–Crippen MR) is 62.3 cm³/mol. The van der Waals surface area contributed by atoms with Crippen LogP contribution in [-0.2, 0) is 0 Å². The molecule has 0 amide bonds. The second-order valence-corrected chi connectivity index (χ2v) is 6.49. The molecule has 1 atom stereocenters. The second-order valence-electron chi connectivity index (χ2n) is 3.99. The van der Waals surface area contributed by atoms with Crippen LogP contribution in [0.1, 0.15) is 30.2 Å². The average Bonchev–Trinajstić information content (AvgIpc) is 2.50. The zero-order chi connectivity index (χ0) is 10.2. The van der Waals surface area contributed by atoms with E-state index in [0.717, 1.165) is 16.6 Å². The maximum Gasteiger partial charge on any atom is 0.0701 e. The minimum Gasteiger partial charge on any atom is -0.396 e. The fourth-order valence-electron chi connectivity index (χ4n) is 2.00. The van der Waals surface area contributed by atoms with Crippen LogP contribution in [0.15, 0.2) is 15.9 Å². The number of thiophene rings is 1. The number of rotatable bonds is 3. The summed E-state index contributed by atoms with van der Waals surface area (Å²) in [4.78, 5) is 1.17. The van der Waals surface area contributed by atoms with Gasteiger partial charge in [0.1, 0.15) is 0 Å². The van der Waals surface area contributed by atoms with Crippen molar-refractivity contribution in [2.45, 2.75) is 25.3 Å². The van der Waals surface area contributed by atoms with E-state index < -0.39 is 0 Å². The Morgan fingerprint density at radius 3 is 2.64 bits per heavy atom. The maximum atomic E-state index is 9.39. The normalized spacial score (nSPS) is 21.6. The van der Waals surface area contributed by atoms with Crippen LogP contribution in [0.25, 0.3) is 0 Å². The molecule has 3 N–H and O–H groups in total. The van der Waals surface area contributed by atoms with Crippen LogP contribution in [-0.4, -0.2) is 11.7 Å². The first-order valence-electron chi connectivity index (χ1n) is 4.80. The van der Waals surface area contributed by atoms with Crippen molar-refractivity contribution >= 4 is 27.3 Å². The maximum absolute atomic E-state index is 9.39. The lowest BCUT2D eigenvalue weighted by atomic mass is 9.64. The number of halogens is 1. The summed E-state index contributed by atoms with van der Waals surface area (Å²) in [6.45, 7) is 0.212. The van der Waals surface area contributed by atoms with Gasteiger partial charge in [-0.05, 0) is 40.9 Å². The Hall–Kier alpha value is 0.1000. The highest BCUT2D eigenvalue weighted by atomic mass is 79.9. The van der Waals surface area contributed by atoms with E-state index in [1.54, 1.807) is 11.3 Å². The molecule has 1 aromatic rings. The molecule has 1 aromatic heterocycles. The number of aliphatic hydroxyl groups is 1. The summed E-state index contributed by atoms with van der Waals surface area (Å²) in [5.74, 6) is 0. The number of nitrogens with two attached hydrogens (primary N) is 1. The van der Waals surface area contributed by atoms with E-state index in [9.17, 15) is 5.11 Å². The molecule has 78 valence electrons. The molecule has 1 saturated carbocycles. The van der Waals surface area contributed by atoms with Gasteiger partial charge in [0, 0.05) is 16.3 Å². The molecular formula is C10H14BrNOS. The minimum absolute atomic E-state index is 0.00227. The zero-order valence-electron chi connectivity index (χ0n) is 7.87. The van der Waals surface area contributed by atoms with Gasteiger partial charge in [0.25, 0.3) is 0 Å². The van der Waals surface area contributed by atoms with E-state index in [4.69, 9.17) is 5.73 Å². The van der Waals surface area contributed by atoms with E-state index in [0.29, 0.717) is 0 Å². The van der Waals surface area contributed by atoms with Crippen molar-refractivity contribution < 1.29 is 5.11 Å². The van der Waals surface area contributed by atoms with E-state index >= 15 is 0 Å². The molecule has 14 heavy (non-hydrogen) atoms. The molecule has 1 fully saturated rings. The molecule has 4 heteroatoms. The van der Waals surface area contributed by atoms with Crippen LogP contribution >= 0.6 is 27.3 Å². The summed E-state index contributed by atoms with van der Waals surface area (Å²) in [7, 11) is 0. The number of hydrogen-bond donors (Lipinski definition) is 2. The first-order valence-corrected chi connectivity index (χ1v) is 6.40. The fourth-order valence-corrected chi connectivity index (χ4v) is 3.56. The van der Waals surface area contributed by atoms with Gasteiger partial charge in [-0.1, -0.05) is 6.42 Å². The monoisotopic (exact) mass is 275 g/mol. The molecular weight excluding hydrogens is 262 g/mol. The Morgan fingerprint density at radius 2 is 2.29 bits per heavy atom. The lowest BCUT2D eigenvalue weighted by Gasteiger charge is -2.44. The summed E-state index contributed by atoms with van der Waals surface area (Å²) < 4.78 is 1.11. The lowest BCUT2D eigenvalue weighted by Crippen LogP contribution is -2.43. The smallest absolute Gasteiger partial charge is 0.0701 e. The summed E-state index contributed by atoms with van der Waals surface area (Å²) in [6, 6.07) is 4.07. The topological polar surface area (TPSA) is 46.2 Å². The van der Waals surface area contributed by atoms with Crippen molar-refractivity contribution in [2.24, 2.45) is 11.1 Å². The van der Waals surface area contributed by atoms with Crippen molar-refractivity contribution in [3.05, 3.63) is 20.8 Å². The molecule has 0 bridgehead atoms. The van der Waals surface area contributed by atoms with Crippen LogP contribution in [0.5, 0.6) is 0 Å². The van der Waals surface area contributed by atoms with Gasteiger partial charge >= 0.3 is 0 Å². The van der Waals surface area contributed by atoms with Crippen LogP contribution in [0.2, 0.25) is 0 Å². The summed E-state index contributed by atoms with van der Waals surface area (Å²) in [6.07, 6.45) is 3.31. The predicted octanol–water partition coefficient (Wildman–Crippen LogP) is 2.67. The third kappa shape index (κ3) is 1.65. The third-order valence-corrected chi connectivity index (χ3v) is 4.93. The van der Waals surface area contributed by atoms with Crippen LogP contribution in [0.4, 0.5) is 0 Å². The van der Waals surface area contributed by atoms with Crippen molar-refractivity contribution in [3.63, 3.8) is 0 Å². The van der Waals surface area contributed by atoms with Crippen molar-refractivity contribution in [2.75, 3.05) is 6.61 Å². The molecule has 0 spiro atoms. The molecule has 0 saturated heterocycles. The van der Waals surface area contributed by atoms with Crippen molar-refractivity contribution in [1.82, 2.24) is 0 Å². The molecule has 1 heterocycles. The molecule has 1 aliphatic carbocycles. The highest BCUT2D eigenvalue weighted by molar-refractivity contribution is 9.11. The van der Waals surface area contributed by atoms with Crippen LogP contribution in [0.3, 0.4) is 0 Å². The standard InChI is InChI=1S/C10H14BrNOS/c11-8-3-2-7(14-8)9(12)10(6-13)4-1-5-10/h2-3,9,13H,1,4-6,12H2. The Bertz CT molecular complexity index is 316. The summed E-state index contributed by atoms with van der Waals surface area (Å²) in [5.41, 5.74) is 6.15. The van der Waals surface area contributed by atoms with Gasteiger partial charge in [0.15, 0.2) is 0 Å². The van der Waals surface area contributed by atoms with Crippen LogP contribution < -0.4 is 5.73 Å². The average molecular weight is 276 g/mol. The Labute approximate surface area is 96.3 Å². The van der Waals surface area contributed by atoms with E-state index in [2.05, 4.69) is 22.0 Å².